The molecule has 2 aliphatic heterocycles. The summed E-state index contributed by atoms with van der Waals surface area (Å²) in [6.45, 7) is 6.22. The molecule has 0 bridgehead atoms. The highest BCUT2D eigenvalue weighted by Gasteiger charge is 2.46. The molecule has 4 rings (SSSR count). The second-order valence-electron chi connectivity index (χ2n) is 8.37. The number of nitrogens with zero attached hydrogens (tertiary/aromatic N) is 2. The van der Waals surface area contributed by atoms with Gasteiger partial charge in [0.05, 0.1) is 30.4 Å². The van der Waals surface area contributed by atoms with Crippen molar-refractivity contribution in [2.75, 3.05) is 39.4 Å². The number of rotatable bonds is 6. The molecule has 0 aliphatic carbocycles. The molecule has 0 spiro atoms. The number of aromatic hydroxyl groups is 1. The molecule has 8 heteroatoms. The van der Waals surface area contributed by atoms with Crippen LogP contribution in [0.1, 0.15) is 29.2 Å². The standard InChI is InChI=1S/C25H27BrN2O5/c1-16-3-5-17(6-4-16)22-21(23(30)19-15-18(26)7-8-20(19)29)24(31)25(32)28(22)10-2-9-27-11-13-33-14-12-27/h3-8,15,22,29-30H,2,9-14H2,1H3/b23-21+. The van der Waals surface area contributed by atoms with E-state index in [-0.39, 0.29) is 22.6 Å². The number of halogens is 1. The van der Waals surface area contributed by atoms with Gasteiger partial charge < -0.3 is 19.8 Å². The summed E-state index contributed by atoms with van der Waals surface area (Å²) in [5, 5.41) is 21.4. The Balaban J connectivity index is 1.70. The molecule has 0 saturated carbocycles. The van der Waals surface area contributed by atoms with Crippen LogP contribution in [-0.2, 0) is 14.3 Å². The van der Waals surface area contributed by atoms with Crippen molar-refractivity contribution < 1.29 is 24.5 Å². The van der Waals surface area contributed by atoms with Gasteiger partial charge >= 0.3 is 0 Å². The fraction of sp³-hybridized carbons (Fsp3) is 0.360. The number of phenolic OH excluding ortho intramolecular Hbond substituents is 1. The number of hydrogen-bond donors (Lipinski definition) is 2. The number of Topliss-reactive ketones (excluding diaryl/α,β-unsaturated/α-hetero) is 1. The maximum absolute atomic E-state index is 13.1. The van der Waals surface area contributed by atoms with Crippen molar-refractivity contribution in [2.45, 2.75) is 19.4 Å². The highest BCUT2D eigenvalue weighted by molar-refractivity contribution is 9.10. The lowest BCUT2D eigenvalue weighted by molar-refractivity contribution is -0.140. The molecule has 174 valence electrons. The van der Waals surface area contributed by atoms with Crippen molar-refractivity contribution >= 4 is 33.4 Å². The van der Waals surface area contributed by atoms with Crippen molar-refractivity contribution in [1.82, 2.24) is 9.80 Å². The minimum absolute atomic E-state index is 0.0105. The normalized spacial score (nSPS) is 21.0. The first kappa shape index (κ1) is 23.5. The van der Waals surface area contributed by atoms with E-state index in [1.54, 1.807) is 6.07 Å². The van der Waals surface area contributed by atoms with E-state index < -0.39 is 17.7 Å². The largest absolute Gasteiger partial charge is 0.507 e. The van der Waals surface area contributed by atoms with Crippen LogP contribution in [0.25, 0.3) is 5.76 Å². The number of ether oxygens (including phenoxy) is 1. The summed E-state index contributed by atoms with van der Waals surface area (Å²) in [6.07, 6.45) is 0.692. The smallest absolute Gasteiger partial charge is 0.295 e. The number of hydrogen-bond acceptors (Lipinski definition) is 6. The van der Waals surface area contributed by atoms with E-state index in [0.717, 1.165) is 30.8 Å². The van der Waals surface area contributed by atoms with Gasteiger partial charge in [-0.15, -0.1) is 0 Å². The third-order valence-electron chi connectivity index (χ3n) is 6.12. The lowest BCUT2D eigenvalue weighted by Gasteiger charge is -2.29. The molecule has 2 aromatic carbocycles. The topological polar surface area (TPSA) is 90.3 Å². The lowest BCUT2D eigenvalue weighted by atomic mass is 9.94. The van der Waals surface area contributed by atoms with E-state index in [1.165, 1.54) is 17.0 Å². The van der Waals surface area contributed by atoms with Crippen molar-refractivity contribution in [3.63, 3.8) is 0 Å². The molecule has 1 atom stereocenters. The van der Waals surface area contributed by atoms with Gasteiger partial charge in [0.15, 0.2) is 0 Å². The number of likely N-dealkylation sites (tertiary alicyclic amines) is 1. The highest BCUT2D eigenvalue weighted by atomic mass is 79.9. The van der Waals surface area contributed by atoms with E-state index >= 15 is 0 Å². The van der Waals surface area contributed by atoms with Crippen LogP contribution in [0.5, 0.6) is 5.75 Å². The maximum atomic E-state index is 13.1. The molecule has 33 heavy (non-hydrogen) atoms. The van der Waals surface area contributed by atoms with Crippen molar-refractivity contribution in [2.24, 2.45) is 0 Å². The van der Waals surface area contributed by atoms with Crippen LogP contribution < -0.4 is 0 Å². The number of carbonyl (C=O) groups is 2. The fourth-order valence-electron chi connectivity index (χ4n) is 4.34. The van der Waals surface area contributed by atoms with Crippen LogP contribution in [0.4, 0.5) is 0 Å². The van der Waals surface area contributed by atoms with Crippen LogP contribution in [-0.4, -0.2) is 71.1 Å². The average molecular weight is 515 g/mol. The van der Waals surface area contributed by atoms with Crippen LogP contribution >= 0.6 is 15.9 Å². The van der Waals surface area contributed by atoms with Gasteiger partial charge in [-0.05, 0) is 37.1 Å². The number of benzene rings is 2. The first-order valence-corrected chi connectivity index (χ1v) is 11.8. The van der Waals surface area contributed by atoms with Crippen LogP contribution in [0.15, 0.2) is 52.5 Å². The molecule has 2 heterocycles. The predicted octanol–water partition coefficient (Wildman–Crippen LogP) is 3.61. The summed E-state index contributed by atoms with van der Waals surface area (Å²) in [4.78, 5) is 30.0. The van der Waals surface area contributed by atoms with Crippen LogP contribution in [0.3, 0.4) is 0 Å². The Bertz CT molecular complexity index is 1080. The lowest BCUT2D eigenvalue weighted by Crippen LogP contribution is -2.38. The van der Waals surface area contributed by atoms with Gasteiger partial charge in [-0.25, -0.2) is 0 Å². The Morgan fingerprint density at radius 1 is 1.09 bits per heavy atom. The summed E-state index contributed by atoms with van der Waals surface area (Å²) >= 11 is 3.33. The minimum atomic E-state index is -0.746. The zero-order chi connectivity index (χ0) is 23.5. The first-order valence-electron chi connectivity index (χ1n) is 11.0. The number of aliphatic hydroxyl groups is 1. The van der Waals surface area contributed by atoms with E-state index in [9.17, 15) is 19.8 Å². The molecule has 0 radical (unpaired) electrons. The summed E-state index contributed by atoms with van der Waals surface area (Å²) in [5.41, 5.74) is 1.88. The van der Waals surface area contributed by atoms with E-state index in [2.05, 4.69) is 20.8 Å². The predicted molar refractivity (Wildman–Crippen MR) is 128 cm³/mol. The van der Waals surface area contributed by atoms with Crippen LogP contribution in [0, 0.1) is 6.92 Å². The maximum Gasteiger partial charge on any atom is 0.295 e. The van der Waals surface area contributed by atoms with Crippen molar-refractivity contribution in [1.29, 1.82) is 0 Å². The molecule has 0 aromatic heterocycles. The van der Waals surface area contributed by atoms with E-state index in [0.29, 0.717) is 30.7 Å². The molecule has 1 amide bonds. The molecule has 2 aromatic rings. The number of aryl methyl sites for hydroxylation is 1. The van der Waals surface area contributed by atoms with Crippen molar-refractivity contribution in [3.8, 4) is 5.75 Å². The second kappa shape index (κ2) is 10.1. The third kappa shape index (κ3) is 4.98. The number of amides is 1. The zero-order valence-electron chi connectivity index (χ0n) is 18.5. The van der Waals surface area contributed by atoms with Gasteiger partial charge in [-0.1, -0.05) is 45.8 Å². The number of carbonyl (C=O) groups excluding carboxylic acids is 2. The number of phenols is 1. The van der Waals surface area contributed by atoms with Gasteiger partial charge in [0.2, 0.25) is 0 Å². The summed E-state index contributed by atoms with van der Waals surface area (Å²) < 4.78 is 6.02. The Kier molecular flexibility index (Phi) is 7.17. The molecular weight excluding hydrogens is 488 g/mol. The Morgan fingerprint density at radius 2 is 1.79 bits per heavy atom. The molecular formula is C25H27BrN2O5. The number of aliphatic hydroxyl groups excluding tert-OH is 1. The Labute approximate surface area is 201 Å². The summed E-state index contributed by atoms with van der Waals surface area (Å²) in [6, 6.07) is 11.4. The second-order valence-corrected chi connectivity index (χ2v) is 9.29. The number of morpholine rings is 1. The summed E-state index contributed by atoms with van der Waals surface area (Å²) in [7, 11) is 0. The molecule has 2 saturated heterocycles. The first-order chi connectivity index (χ1) is 15.9. The molecule has 2 aliphatic rings. The SMILES string of the molecule is Cc1ccc(C2/C(=C(\O)c3cc(Br)ccc3O)C(=O)C(=O)N2CCCN2CCOCC2)cc1. The van der Waals surface area contributed by atoms with Gasteiger partial charge in [-0.2, -0.15) is 0 Å². The minimum Gasteiger partial charge on any atom is -0.507 e. The molecule has 7 nitrogen and oxygen atoms in total. The third-order valence-corrected chi connectivity index (χ3v) is 6.62. The monoisotopic (exact) mass is 514 g/mol. The summed E-state index contributed by atoms with van der Waals surface area (Å²) in [5.74, 6) is -1.94. The number of ketones is 1. The fourth-order valence-corrected chi connectivity index (χ4v) is 4.70. The Morgan fingerprint density at radius 3 is 2.48 bits per heavy atom. The molecule has 2 fully saturated rings. The molecule has 2 N–H and O–H groups in total. The van der Waals surface area contributed by atoms with Gasteiger partial charge in [-0.3, -0.25) is 14.5 Å². The Hall–Kier alpha value is -2.68. The zero-order valence-corrected chi connectivity index (χ0v) is 20.0. The quantitative estimate of drug-likeness (QED) is 0.347. The van der Waals surface area contributed by atoms with Gasteiger partial charge in [0.25, 0.3) is 11.7 Å². The van der Waals surface area contributed by atoms with Gasteiger partial charge in [0.1, 0.15) is 11.5 Å². The van der Waals surface area contributed by atoms with E-state index in [4.69, 9.17) is 4.74 Å². The van der Waals surface area contributed by atoms with Gasteiger partial charge in [0, 0.05) is 30.7 Å². The van der Waals surface area contributed by atoms with Crippen molar-refractivity contribution in [3.05, 3.63) is 69.2 Å². The molecule has 1 unspecified atom stereocenters. The highest BCUT2D eigenvalue weighted by Crippen LogP contribution is 2.41. The van der Waals surface area contributed by atoms with E-state index in [1.807, 2.05) is 31.2 Å². The average Bonchev–Trinajstić information content (AvgIpc) is 3.06. The van der Waals surface area contributed by atoms with Crippen LogP contribution in [0.2, 0.25) is 0 Å².